The Balaban J connectivity index is 2.88. The molecule has 6 N–H and O–H groups in total. The topological polar surface area (TPSA) is 136 Å². The summed E-state index contributed by atoms with van der Waals surface area (Å²) in [7, 11) is 0. The first-order chi connectivity index (χ1) is 10.4. The summed E-state index contributed by atoms with van der Waals surface area (Å²) in [6, 6.07) is 0.825. The number of amides is 1. The molecule has 0 saturated carbocycles. The number of pyridine rings is 1. The number of nitrogens with one attached hydrogen (secondary N) is 4. The highest BCUT2D eigenvalue weighted by Gasteiger charge is 2.10. The number of hydrogen-bond donors (Lipinski definition) is 5. The SMILES string of the molecule is CC(=C/C=N)/C(N)=C(/C=N)CNC(=O)c1c[nH]c(=O)c(F)c1. The number of rotatable bonds is 6. The fourth-order valence-corrected chi connectivity index (χ4v) is 1.56. The number of carbonyl (C=O) groups excluding carboxylic acids is 1. The number of aromatic amines is 1. The van der Waals surface area contributed by atoms with Gasteiger partial charge in [-0.2, -0.15) is 0 Å². The number of carbonyl (C=O) groups is 1. The molecular formula is C14H16FN5O2. The van der Waals surface area contributed by atoms with Crippen LogP contribution in [0.4, 0.5) is 4.39 Å². The van der Waals surface area contributed by atoms with Crippen molar-refractivity contribution in [3.8, 4) is 0 Å². The molecule has 0 aliphatic rings. The minimum atomic E-state index is -1.06. The van der Waals surface area contributed by atoms with Crippen LogP contribution in [0.2, 0.25) is 0 Å². The van der Waals surface area contributed by atoms with E-state index in [9.17, 15) is 14.0 Å². The van der Waals surface area contributed by atoms with E-state index in [1.165, 1.54) is 6.08 Å². The van der Waals surface area contributed by atoms with Crippen molar-refractivity contribution < 1.29 is 9.18 Å². The van der Waals surface area contributed by atoms with Gasteiger partial charge < -0.3 is 26.9 Å². The van der Waals surface area contributed by atoms with Crippen molar-refractivity contribution in [1.29, 1.82) is 10.8 Å². The first kappa shape index (κ1) is 17.0. The van der Waals surface area contributed by atoms with Gasteiger partial charge in [0, 0.05) is 36.4 Å². The molecule has 0 aliphatic carbocycles. The lowest BCUT2D eigenvalue weighted by Crippen LogP contribution is -2.28. The third-order valence-electron chi connectivity index (χ3n) is 2.84. The van der Waals surface area contributed by atoms with Crippen LogP contribution in [0.5, 0.6) is 0 Å². The molecule has 1 aromatic heterocycles. The Hall–Kier alpha value is -3.03. The minimum absolute atomic E-state index is 0.0436. The lowest BCUT2D eigenvalue weighted by atomic mass is 10.1. The monoisotopic (exact) mass is 305 g/mol. The number of allylic oxidation sites excluding steroid dienone is 2. The van der Waals surface area contributed by atoms with Gasteiger partial charge in [0.2, 0.25) is 0 Å². The Morgan fingerprint density at radius 3 is 2.73 bits per heavy atom. The van der Waals surface area contributed by atoms with Crippen LogP contribution in [-0.4, -0.2) is 29.9 Å². The van der Waals surface area contributed by atoms with Crippen LogP contribution in [0.25, 0.3) is 0 Å². The Labute approximate surface area is 125 Å². The Morgan fingerprint density at radius 2 is 2.18 bits per heavy atom. The van der Waals surface area contributed by atoms with Crippen LogP contribution in [-0.2, 0) is 0 Å². The highest BCUT2D eigenvalue weighted by Crippen LogP contribution is 2.07. The number of aromatic nitrogens is 1. The van der Waals surface area contributed by atoms with Gasteiger partial charge >= 0.3 is 0 Å². The third kappa shape index (κ3) is 4.23. The predicted octanol–water partition coefficient (Wildman–Crippen LogP) is 0.702. The van der Waals surface area contributed by atoms with Crippen LogP contribution >= 0.6 is 0 Å². The number of halogens is 1. The molecule has 0 saturated heterocycles. The molecule has 22 heavy (non-hydrogen) atoms. The zero-order valence-electron chi connectivity index (χ0n) is 11.9. The van der Waals surface area contributed by atoms with Crippen LogP contribution in [0.15, 0.2) is 40.0 Å². The van der Waals surface area contributed by atoms with Gasteiger partial charge in [-0.15, -0.1) is 0 Å². The molecule has 0 aliphatic heterocycles. The quantitative estimate of drug-likeness (QED) is 0.391. The summed E-state index contributed by atoms with van der Waals surface area (Å²) in [5, 5.41) is 16.8. The fraction of sp³-hybridized carbons (Fsp3) is 0.143. The molecule has 0 aromatic carbocycles. The van der Waals surface area contributed by atoms with Crippen LogP contribution in [0, 0.1) is 16.6 Å². The standard InChI is InChI=1S/C14H16FN5O2/c1-8(2-3-16)12(18)10(5-17)7-19-13(21)9-4-11(15)14(22)20-6-9/h2-6,16-17H,7,18H2,1H3,(H,19,21)(H,20,22)/b8-2-,12-10+,16-3?,17-5?. The van der Waals surface area contributed by atoms with E-state index in [-0.39, 0.29) is 17.8 Å². The van der Waals surface area contributed by atoms with E-state index in [0.29, 0.717) is 11.1 Å². The van der Waals surface area contributed by atoms with Crippen LogP contribution < -0.4 is 16.6 Å². The number of nitrogens with two attached hydrogens (primary N) is 1. The smallest absolute Gasteiger partial charge is 0.283 e. The second-order valence-corrected chi connectivity index (χ2v) is 4.35. The second-order valence-electron chi connectivity index (χ2n) is 4.35. The molecule has 1 aromatic rings. The van der Waals surface area contributed by atoms with Gasteiger partial charge in [-0.05, 0) is 24.6 Å². The van der Waals surface area contributed by atoms with Gasteiger partial charge in [0.25, 0.3) is 11.5 Å². The second kappa shape index (κ2) is 7.67. The van der Waals surface area contributed by atoms with Crippen molar-refractivity contribution in [3.63, 3.8) is 0 Å². The fourth-order valence-electron chi connectivity index (χ4n) is 1.56. The molecule has 8 heteroatoms. The summed E-state index contributed by atoms with van der Waals surface area (Å²) in [6.45, 7) is 1.63. The summed E-state index contributed by atoms with van der Waals surface area (Å²) >= 11 is 0. The minimum Gasteiger partial charge on any atom is -0.398 e. The van der Waals surface area contributed by atoms with Crippen molar-refractivity contribution in [2.75, 3.05) is 6.54 Å². The normalized spacial score (nSPS) is 12.4. The highest BCUT2D eigenvalue weighted by atomic mass is 19.1. The maximum Gasteiger partial charge on any atom is 0.283 e. The summed E-state index contributed by atoms with van der Waals surface area (Å²) in [6.07, 6.45) is 4.60. The van der Waals surface area contributed by atoms with E-state index >= 15 is 0 Å². The Bertz CT molecular complexity index is 718. The van der Waals surface area contributed by atoms with Gasteiger partial charge in [-0.25, -0.2) is 4.39 Å². The van der Waals surface area contributed by atoms with Crippen molar-refractivity contribution >= 4 is 18.3 Å². The zero-order chi connectivity index (χ0) is 16.7. The third-order valence-corrected chi connectivity index (χ3v) is 2.84. The molecule has 0 radical (unpaired) electrons. The van der Waals surface area contributed by atoms with Gasteiger partial charge in [-0.3, -0.25) is 9.59 Å². The van der Waals surface area contributed by atoms with E-state index in [2.05, 4.69) is 10.3 Å². The molecule has 0 unspecified atom stereocenters. The number of hydrogen-bond acceptors (Lipinski definition) is 5. The molecule has 0 bridgehead atoms. The van der Waals surface area contributed by atoms with Gasteiger partial charge in [0.15, 0.2) is 5.82 Å². The van der Waals surface area contributed by atoms with Gasteiger partial charge in [0.1, 0.15) is 0 Å². The molecule has 1 rings (SSSR count). The molecule has 7 nitrogen and oxygen atoms in total. The number of H-pyrrole nitrogens is 1. The molecule has 0 atom stereocenters. The van der Waals surface area contributed by atoms with Gasteiger partial charge in [-0.1, -0.05) is 0 Å². The van der Waals surface area contributed by atoms with Crippen molar-refractivity contribution in [1.82, 2.24) is 10.3 Å². The van der Waals surface area contributed by atoms with E-state index in [4.69, 9.17) is 16.6 Å². The highest BCUT2D eigenvalue weighted by molar-refractivity contribution is 5.94. The van der Waals surface area contributed by atoms with Crippen molar-refractivity contribution in [3.05, 3.63) is 56.9 Å². The molecule has 0 spiro atoms. The maximum atomic E-state index is 13.1. The summed E-state index contributed by atoms with van der Waals surface area (Å²) in [5.41, 5.74) is 6.06. The summed E-state index contributed by atoms with van der Waals surface area (Å²) in [5.74, 6) is -1.67. The van der Waals surface area contributed by atoms with Crippen molar-refractivity contribution in [2.45, 2.75) is 6.92 Å². The van der Waals surface area contributed by atoms with E-state index < -0.39 is 17.3 Å². The van der Waals surface area contributed by atoms with E-state index in [1.807, 2.05) is 0 Å². The van der Waals surface area contributed by atoms with Crippen molar-refractivity contribution in [2.24, 2.45) is 5.73 Å². The largest absolute Gasteiger partial charge is 0.398 e. The van der Waals surface area contributed by atoms with Crippen LogP contribution in [0.3, 0.4) is 0 Å². The molecule has 1 amide bonds. The Morgan fingerprint density at radius 1 is 1.50 bits per heavy atom. The Kier molecular flexibility index (Phi) is 5.94. The summed E-state index contributed by atoms with van der Waals surface area (Å²) in [4.78, 5) is 24.9. The summed E-state index contributed by atoms with van der Waals surface area (Å²) < 4.78 is 13.1. The predicted molar refractivity (Wildman–Crippen MR) is 81.9 cm³/mol. The van der Waals surface area contributed by atoms with Gasteiger partial charge in [0.05, 0.1) is 5.56 Å². The lowest BCUT2D eigenvalue weighted by molar-refractivity contribution is 0.0956. The maximum absolute atomic E-state index is 13.1. The molecular weight excluding hydrogens is 289 g/mol. The van der Waals surface area contributed by atoms with E-state index in [0.717, 1.165) is 24.7 Å². The first-order valence-electron chi connectivity index (χ1n) is 6.24. The average Bonchev–Trinajstić information content (AvgIpc) is 2.50. The zero-order valence-corrected chi connectivity index (χ0v) is 11.9. The molecule has 1 heterocycles. The average molecular weight is 305 g/mol. The molecule has 0 fully saturated rings. The first-order valence-corrected chi connectivity index (χ1v) is 6.24. The van der Waals surface area contributed by atoms with Crippen LogP contribution in [0.1, 0.15) is 17.3 Å². The lowest BCUT2D eigenvalue weighted by Gasteiger charge is -2.09. The van der Waals surface area contributed by atoms with E-state index in [1.54, 1.807) is 6.92 Å². The molecule has 116 valence electrons.